The molecule has 2 aromatic carbocycles. The molecule has 1 aliphatic rings. The van der Waals surface area contributed by atoms with Gasteiger partial charge in [-0.1, -0.05) is 66.2 Å². The Labute approximate surface area is 193 Å². The number of hydrogen-bond donors (Lipinski definition) is 0. The number of likely N-dealkylation sites (tertiary alicyclic amines) is 1. The van der Waals surface area contributed by atoms with Crippen LogP contribution in [-0.2, 0) is 11.3 Å². The largest absolute Gasteiger partial charge is 0.343 e. The number of hydrogen-bond acceptors (Lipinski definition) is 2. The average Bonchev–Trinajstić information content (AvgIpc) is 3.48. The Morgan fingerprint density at radius 3 is 2.47 bits per heavy atom. The summed E-state index contributed by atoms with van der Waals surface area (Å²) < 4.78 is 2.29. The van der Waals surface area contributed by atoms with Gasteiger partial charge in [0.15, 0.2) is 0 Å². The maximum absolute atomic E-state index is 13.2. The number of fused-ring (bicyclic) bond motifs is 1. The predicted molar refractivity (Wildman–Crippen MR) is 129 cm³/mol. The van der Waals surface area contributed by atoms with E-state index in [1.54, 1.807) is 0 Å². The monoisotopic (exact) mass is 443 g/mol. The molecule has 32 heavy (non-hydrogen) atoms. The molecule has 1 amide bonds. The minimum atomic E-state index is -0.0743. The summed E-state index contributed by atoms with van der Waals surface area (Å²) in [6.45, 7) is 2.51. The molecule has 4 nitrogen and oxygen atoms in total. The van der Waals surface area contributed by atoms with Crippen LogP contribution in [0.15, 0.2) is 79.1 Å². The number of halogens is 1. The molecule has 0 aliphatic carbocycles. The van der Waals surface area contributed by atoms with E-state index in [1.165, 1.54) is 16.5 Å². The van der Waals surface area contributed by atoms with Crippen LogP contribution in [0.1, 0.15) is 41.9 Å². The van der Waals surface area contributed by atoms with Crippen LogP contribution < -0.4 is 0 Å². The summed E-state index contributed by atoms with van der Waals surface area (Å²) in [7, 11) is 0. The summed E-state index contributed by atoms with van der Waals surface area (Å²) in [5.74, 6) is 0.136. The summed E-state index contributed by atoms with van der Waals surface area (Å²) in [5.41, 5.74) is 4.60. The summed E-state index contributed by atoms with van der Waals surface area (Å²) in [6.07, 6.45) is 6.65. The lowest BCUT2D eigenvalue weighted by atomic mass is 9.88. The lowest BCUT2D eigenvalue weighted by Gasteiger charge is -2.21. The fraction of sp³-hybridized carbons (Fsp3) is 0.259. The van der Waals surface area contributed by atoms with Gasteiger partial charge in [0.25, 0.3) is 0 Å². The van der Waals surface area contributed by atoms with Crippen molar-refractivity contribution in [2.24, 2.45) is 0 Å². The third-order valence-electron chi connectivity index (χ3n) is 6.38. The maximum atomic E-state index is 13.2. The van der Waals surface area contributed by atoms with Gasteiger partial charge in [0.05, 0.1) is 0 Å². The fourth-order valence-electron chi connectivity index (χ4n) is 4.73. The molecule has 0 spiro atoms. The Morgan fingerprint density at radius 2 is 1.72 bits per heavy atom. The van der Waals surface area contributed by atoms with E-state index in [2.05, 4.69) is 64.3 Å². The van der Waals surface area contributed by atoms with Crippen LogP contribution in [0.25, 0.3) is 10.9 Å². The number of aromatic nitrogens is 2. The molecule has 1 saturated heterocycles. The predicted octanol–water partition coefficient (Wildman–Crippen LogP) is 5.88. The third-order valence-corrected chi connectivity index (χ3v) is 6.60. The topological polar surface area (TPSA) is 38.1 Å². The van der Waals surface area contributed by atoms with Gasteiger partial charge in [-0.05, 0) is 41.7 Å². The van der Waals surface area contributed by atoms with Crippen molar-refractivity contribution in [1.29, 1.82) is 0 Å². The zero-order chi connectivity index (χ0) is 21.9. The summed E-state index contributed by atoms with van der Waals surface area (Å²) >= 11 is 6.07. The first-order chi connectivity index (χ1) is 15.7. The second kappa shape index (κ2) is 9.17. The molecule has 0 radical (unpaired) electrons. The molecule has 4 aromatic rings. The number of rotatable bonds is 6. The van der Waals surface area contributed by atoms with Gasteiger partial charge in [0.2, 0.25) is 5.91 Å². The SMILES string of the molecule is O=C(CC(c1ccc(Cl)nc1)c1cn(Cc2ccccc2)c2ccccc12)N1CCCC1. The van der Waals surface area contributed by atoms with E-state index >= 15 is 0 Å². The molecule has 1 aliphatic heterocycles. The molecular weight excluding hydrogens is 418 g/mol. The molecule has 162 valence electrons. The Balaban J connectivity index is 1.57. The zero-order valence-corrected chi connectivity index (χ0v) is 18.7. The van der Waals surface area contributed by atoms with Crippen molar-refractivity contribution >= 4 is 28.4 Å². The second-order valence-corrected chi connectivity index (χ2v) is 8.86. The molecule has 1 unspecified atom stereocenters. The number of pyridine rings is 1. The van der Waals surface area contributed by atoms with Crippen LogP contribution in [-0.4, -0.2) is 33.4 Å². The van der Waals surface area contributed by atoms with Gasteiger partial charge in [-0.15, -0.1) is 0 Å². The van der Waals surface area contributed by atoms with Crippen molar-refractivity contribution in [2.45, 2.75) is 31.7 Å². The van der Waals surface area contributed by atoms with Crippen molar-refractivity contribution in [3.8, 4) is 0 Å². The summed E-state index contributed by atoms with van der Waals surface area (Å²) in [5, 5.41) is 1.64. The Bertz CT molecular complexity index is 1210. The molecule has 3 heterocycles. The maximum Gasteiger partial charge on any atom is 0.223 e. The first-order valence-corrected chi connectivity index (χ1v) is 11.6. The Hall–Kier alpha value is -3.11. The Morgan fingerprint density at radius 1 is 0.969 bits per heavy atom. The molecule has 5 rings (SSSR count). The van der Waals surface area contributed by atoms with Crippen molar-refractivity contribution in [3.63, 3.8) is 0 Å². The number of carbonyl (C=O) groups excluding carboxylic acids is 1. The molecule has 5 heteroatoms. The van der Waals surface area contributed by atoms with Crippen LogP contribution in [0.2, 0.25) is 5.15 Å². The molecule has 0 saturated carbocycles. The van der Waals surface area contributed by atoms with Gasteiger partial charge in [0, 0.05) is 55.3 Å². The van der Waals surface area contributed by atoms with Gasteiger partial charge in [-0.3, -0.25) is 4.79 Å². The third kappa shape index (κ3) is 4.28. The van der Waals surface area contributed by atoms with Gasteiger partial charge in [-0.25, -0.2) is 4.98 Å². The minimum absolute atomic E-state index is 0.0743. The lowest BCUT2D eigenvalue weighted by Crippen LogP contribution is -2.29. The highest BCUT2D eigenvalue weighted by atomic mass is 35.5. The van der Waals surface area contributed by atoms with Crippen LogP contribution >= 0.6 is 11.6 Å². The number of amides is 1. The van der Waals surface area contributed by atoms with Crippen LogP contribution in [0.3, 0.4) is 0 Å². The quantitative estimate of drug-likeness (QED) is 0.349. The minimum Gasteiger partial charge on any atom is -0.343 e. The highest BCUT2D eigenvalue weighted by Gasteiger charge is 2.26. The molecule has 0 bridgehead atoms. The lowest BCUT2D eigenvalue weighted by molar-refractivity contribution is -0.130. The van der Waals surface area contributed by atoms with Gasteiger partial charge in [-0.2, -0.15) is 0 Å². The van der Waals surface area contributed by atoms with E-state index in [0.717, 1.165) is 43.6 Å². The smallest absolute Gasteiger partial charge is 0.223 e. The van der Waals surface area contributed by atoms with Crippen LogP contribution in [0, 0.1) is 0 Å². The molecule has 2 aromatic heterocycles. The van der Waals surface area contributed by atoms with Crippen molar-refractivity contribution in [1.82, 2.24) is 14.5 Å². The van der Waals surface area contributed by atoms with Gasteiger partial charge >= 0.3 is 0 Å². The molecule has 0 N–H and O–H groups in total. The first-order valence-electron chi connectivity index (χ1n) is 11.2. The number of nitrogens with zero attached hydrogens (tertiary/aromatic N) is 3. The van der Waals surface area contributed by atoms with E-state index in [4.69, 9.17) is 11.6 Å². The molecule has 1 atom stereocenters. The number of benzene rings is 2. The van der Waals surface area contributed by atoms with E-state index in [1.807, 2.05) is 29.3 Å². The van der Waals surface area contributed by atoms with Crippen molar-refractivity contribution < 1.29 is 4.79 Å². The van der Waals surface area contributed by atoms with Crippen molar-refractivity contribution in [3.05, 3.63) is 101 Å². The van der Waals surface area contributed by atoms with E-state index in [9.17, 15) is 4.79 Å². The van der Waals surface area contributed by atoms with E-state index < -0.39 is 0 Å². The highest BCUT2D eigenvalue weighted by molar-refractivity contribution is 6.29. The summed E-state index contributed by atoms with van der Waals surface area (Å²) in [6, 6.07) is 22.7. The standard InChI is InChI=1S/C27H26ClN3O/c28-26-13-12-21(17-29-26)23(16-27(32)30-14-6-7-15-30)24-19-31(18-20-8-2-1-3-9-20)25-11-5-4-10-22(24)25/h1-5,8-13,17,19,23H,6-7,14-16,18H2. The molecular formula is C27H26ClN3O. The molecule has 1 fully saturated rings. The van der Waals surface area contributed by atoms with Crippen molar-refractivity contribution in [2.75, 3.05) is 13.1 Å². The van der Waals surface area contributed by atoms with Gasteiger partial charge < -0.3 is 9.47 Å². The second-order valence-electron chi connectivity index (χ2n) is 8.47. The Kier molecular flexibility index (Phi) is 5.95. The first kappa shape index (κ1) is 20.8. The zero-order valence-electron chi connectivity index (χ0n) is 18.0. The van der Waals surface area contributed by atoms with Crippen LogP contribution in [0.4, 0.5) is 0 Å². The van der Waals surface area contributed by atoms with E-state index in [-0.39, 0.29) is 11.8 Å². The summed E-state index contributed by atoms with van der Waals surface area (Å²) in [4.78, 5) is 19.5. The normalized spacial score (nSPS) is 14.7. The van der Waals surface area contributed by atoms with E-state index in [0.29, 0.717) is 11.6 Å². The van der Waals surface area contributed by atoms with Crippen LogP contribution in [0.5, 0.6) is 0 Å². The number of carbonyl (C=O) groups is 1. The van der Waals surface area contributed by atoms with Gasteiger partial charge in [0.1, 0.15) is 5.15 Å². The fourth-order valence-corrected chi connectivity index (χ4v) is 4.85. The highest BCUT2D eigenvalue weighted by Crippen LogP contribution is 2.36. The average molecular weight is 444 g/mol. The number of para-hydroxylation sites is 1.